The Kier molecular flexibility index (Phi) is 8.34. The van der Waals surface area contributed by atoms with Gasteiger partial charge >= 0.3 is 0 Å². The number of rotatable bonds is 10. The maximum absolute atomic E-state index is 12.6. The van der Waals surface area contributed by atoms with Crippen LogP contribution in [0.5, 0.6) is 11.5 Å². The summed E-state index contributed by atoms with van der Waals surface area (Å²) in [5.74, 6) is 2.02. The van der Waals surface area contributed by atoms with Crippen LogP contribution in [0.15, 0.2) is 42.5 Å². The van der Waals surface area contributed by atoms with Gasteiger partial charge in [0, 0.05) is 29.1 Å². The SMILES string of the molecule is CCS(=O)(=O)N(CC(=O)NCCSCc1cccc(Cl)c1)c1ccc2c(c1)OCCO2. The average Bonchev–Trinajstić information content (AvgIpc) is 2.77. The lowest BCUT2D eigenvalue weighted by atomic mass is 10.2. The van der Waals surface area contributed by atoms with Crippen molar-refractivity contribution in [1.82, 2.24) is 5.32 Å². The normalized spacial score (nSPS) is 13.0. The number of halogens is 1. The highest BCUT2D eigenvalue weighted by Gasteiger charge is 2.25. The van der Waals surface area contributed by atoms with E-state index in [9.17, 15) is 13.2 Å². The minimum absolute atomic E-state index is 0.121. The zero-order valence-electron chi connectivity index (χ0n) is 17.2. The summed E-state index contributed by atoms with van der Waals surface area (Å²) in [5.41, 5.74) is 1.49. The van der Waals surface area contributed by atoms with E-state index in [-0.39, 0.29) is 18.2 Å². The number of sulfonamides is 1. The van der Waals surface area contributed by atoms with Crippen LogP contribution < -0.4 is 19.1 Å². The predicted molar refractivity (Wildman–Crippen MR) is 125 cm³/mol. The molecule has 0 aromatic heterocycles. The molecule has 0 bridgehead atoms. The van der Waals surface area contributed by atoms with E-state index in [2.05, 4.69) is 5.32 Å². The topological polar surface area (TPSA) is 84.9 Å². The highest BCUT2D eigenvalue weighted by atomic mass is 35.5. The third-order valence-electron chi connectivity index (χ3n) is 4.53. The van der Waals surface area contributed by atoms with Gasteiger partial charge in [-0.15, -0.1) is 0 Å². The molecule has 0 saturated heterocycles. The second-order valence-corrected chi connectivity index (χ2v) is 10.5. The number of carbonyl (C=O) groups is 1. The van der Waals surface area contributed by atoms with Gasteiger partial charge in [0.15, 0.2) is 11.5 Å². The molecule has 3 rings (SSSR count). The highest BCUT2D eigenvalue weighted by Crippen LogP contribution is 2.34. The summed E-state index contributed by atoms with van der Waals surface area (Å²) in [6.07, 6.45) is 0. The van der Waals surface area contributed by atoms with Crippen molar-refractivity contribution in [1.29, 1.82) is 0 Å². The molecule has 2 aromatic carbocycles. The summed E-state index contributed by atoms with van der Waals surface area (Å²) in [5, 5.41) is 3.49. The molecule has 10 heteroatoms. The highest BCUT2D eigenvalue weighted by molar-refractivity contribution is 7.98. The molecule has 1 amide bonds. The van der Waals surface area contributed by atoms with E-state index in [0.29, 0.717) is 47.7 Å². The summed E-state index contributed by atoms with van der Waals surface area (Å²) < 4.78 is 37.4. The molecule has 0 saturated carbocycles. The number of carbonyl (C=O) groups excluding carboxylic acids is 1. The molecule has 1 aliphatic rings. The van der Waals surface area contributed by atoms with E-state index in [1.54, 1.807) is 36.9 Å². The maximum atomic E-state index is 12.6. The van der Waals surface area contributed by atoms with Crippen LogP contribution >= 0.6 is 23.4 Å². The van der Waals surface area contributed by atoms with Crippen LogP contribution in [-0.4, -0.2) is 52.1 Å². The van der Waals surface area contributed by atoms with Gasteiger partial charge in [-0.3, -0.25) is 9.10 Å². The van der Waals surface area contributed by atoms with Crippen LogP contribution in [0.25, 0.3) is 0 Å². The van der Waals surface area contributed by atoms with Gasteiger partial charge in [-0.05, 0) is 36.8 Å². The van der Waals surface area contributed by atoms with Crippen LogP contribution in [0.1, 0.15) is 12.5 Å². The fourth-order valence-corrected chi connectivity index (χ4v) is 5.04. The van der Waals surface area contributed by atoms with Gasteiger partial charge in [0.2, 0.25) is 15.9 Å². The molecule has 168 valence electrons. The van der Waals surface area contributed by atoms with Crippen molar-refractivity contribution in [2.24, 2.45) is 0 Å². The van der Waals surface area contributed by atoms with Gasteiger partial charge in [0.05, 0.1) is 11.4 Å². The minimum Gasteiger partial charge on any atom is -0.486 e. The van der Waals surface area contributed by atoms with Gasteiger partial charge in [-0.1, -0.05) is 23.7 Å². The van der Waals surface area contributed by atoms with E-state index >= 15 is 0 Å². The van der Waals surface area contributed by atoms with E-state index in [4.69, 9.17) is 21.1 Å². The lowest BCUT2D eigenvalue weighted by Gasteiger charge is -2.25. The largest absolute Gasteiger partial charge is 0.486 e. The Morgan fingerprint density at radius 1 is 1.16 bits per heavy atom. The molecule has 0 atom stereocenters. The molecular weight excluding hydrogens is 460 g/mol. The molecule has 1 N–H and O–H groups in total. The van der Waals surface area contributed by atoms with Crippen molar-refractivity contribution >= 4 is 45.0 Å². The fourth-order valence-electron chi connectivity index (χ4n) is 2.96. The first kappa shape index (κ1) is 23.6. The van der Waals surface area contributed by atoms with Crippen LogP contribution in [-0.2, 0) is 20.6 Å². The zero-order valence-corrected chi connectivity index (χ0v) is 19.6. The third-order valence-corrected chi connectivity index (χ3v) is 7.53. The Labute approximate surface area is 192 Å². The number of fused-ring (bicyclic) bond motifs is 1. The quantitative estimate of drug-likeness (QED) is 0.521. The third kappa shape index (κ3) is 6.69. The van der Waals surface area contributed by atoms with Crippen LogP contribution in [0.3, 0.4) is 0 Å². The van der Waals surface area contributed by atoms with Gasteiger partial charge in [0.1, 0.15) is 19.8 Å². The monoisotopic (exact) mass is 484 g/mol. The number of anilines is 1. The number of hydrogen-bond acceptors (Lipinski definition) is 6. The second kappa shape index (κ2) is 11.0. The molecule has 1 aliphatic heterocycles. The Morgan fingerprint density at radius 3 is 2.68 bits per heavy atom. The average molecular weight is 485 g/mol. The van der Waals surface area contributed by atoms with Gasteiger partial charge in [-0.25, -0.2) is 8.42 Å². The minimum atomic E-state index is -3.65. The molecule has 31 heavy (non-hydrogen) atoms. The van der Waals surface area contributed by atoms with E-state index in [1.165, 1.54) is 0 Å². The molecule has 7 nitrogen and oxygen atoms in total. The summed E-state index contributed by atoms with van der Waals surface area (Å²) in [7, 11) is -3.65. The smallest absolute Gasteiger partial charge is 0.240 e. The van der Waals surface area contributed by atoms with E-state index < -0.39 is 10.0 Å². The van der Waals surface area contributed by atoms with Crippen molar-refractivity contribution in [3.63, 3.8) is 0 Å². The maximum Gasteiger partial charge on any atom is 0.240 e. The molecule has 0 unspecified atom stereocenters. The van der Waals surface area contributed by atoms with Crippen molar-refractivity contribution in [3.05, 3.63) is 53.1 Å². The predicted octanol–water partition coefficient (Wildman–Crippen LogP) is 3.32. The molecule has 2 aromatic rings. The van der Waals surface area contributed by atoms with E-state index in [1.807, 2.05) is 24.3 Å². The summed E-state index contributed by atoms with van der Waals surface area (Å²) >= 11 is 7.64. The molecule has 0 fully saturated rings. The van der Waals surface area contributed by atoms with Crippen LogP contribution in [0.2, 0.25) is 5.02 Å². The molecule has 1 heterocycles. The number of ether oxygens (including phenoxy) is 2. The zero-order chi connectivity index (χ0) is 22.3. The first-order valence-corrected chi connectivity index (χ1v) is 13.0. The molecule has 0 spiro atoms. The number of benzene rings is 2. The van der Waals surface area contributed by atoms with Gasteiger partial charge < -0.3 is 14.8 Å². The summed E-state index contributed by atoms with van der Waals surface area (Å²) in [6, 6.07) is 12.5. The lowest BCUT2D eigenvalue weighted by Crippen LogP contribution is -2.42. The molecular formula is C21H25ClN2O5S2. The summed E-state index contributed by atoms with van der Waals surface area (Å²) in [4.78, 5) is 12.5. The van der Waals surface area contributed by atoms with Gasteiger partial charge in [-0.2, -0.15) is 11.8 Å². The number of nitrogens with one attached hydrogen (secondary N) is 1. The first-order chi connectivity index (χ1) is 14.9. The Bertz CT molecular complexity index is 1020. The van der Waals surface area contributed by atoms with Crippen molar-refractivity contribution in [2.45, 2.75) is 12.7 Å². The Balaban J connectivity index is 1.55. The molecule has 0 aliphatic carbocycles. The number of thioether (sulfide) groups is 1. The lowest BCUT2D eigenvalue weighted by molar-refractivity contribution is -0.119. The standard InChI is InChI=1S/C21H25ClN2O5S2/c1-2-31(26,27)24(18-6-7-19-20(13-18)29-10-9-28-19)14-21(25)23-8-11-30-15-16-4-3-5-17(22)12-16/h3-7,12-13H,2,8-11,14-15H2,1H3,(H,23,25). The van der Waals surface area contributed by atoms with Crippen molar-refractivity contribution in [3.8, 4) is 11.5 Å². The van der Waals surface area contributed by atoms with Gasteiger partial charge in [0.25, 0.3) is 0 Å². The first-order valence-electron chi connectivity index (χ1n) is 9.88. The Hall–Kier alpha value is -2.10. The van der Waals surface area contributed by atoms with Crippen molar-refractivity contribution in [2.75, 3.05) is 42.1 Å². The van der Waals surface area contributed by atoms with Crippen LogP contribution in [0, 0.1) is 0 Å². The number of nitrogens with zero attached hydrogens (tertiary/aromatic N) is 1. The Morgan fingerprint density at radius 2 is 1.94 bits per heavy atom. The van der Waals surface area contributed by atoms with Crippen molar-refractivity contribution < 1.29 is 22.7 Å². The second-order valence-electron chi connectivity index (χ2n) is 6.77. The number of amides is 1. The molecule has 0 radical (unpaired) electrons. The summed E-state index contributed by atoms with van der Waals surface area (Å²) in [6.45, 7) is 2.52. The van der Waals surface area contributed by atoms with E-state index in [0.717, 1.165) is 15.6 Å². The van der Waals surface area contributed by atoms with Crippen LogP contribution in [0.4, 0.5) is 5.69 Å². The number of hydrogen-bond donors (Lipinski definition) is 1. The fraction of sp³-hybridized carbons (Fsp3) is 0.381.